The van der Waals surface area contributed by atoms with E-state index in [9.17, 15) is 30.0 Å². The number of carbonyl (C=O) groups excluding carboxylic acids is 2. The molecule has 1 unspecified atom stereocenters. The molecule has 190 valence electrons. The second kappa shape index (κ2) is 12.7. The fourth-order valence-electron chi connectivity index (χ4n) is 4.20. The minimum Gasteiger partial charge on any atom is -0.463 e. The van der Waals surface area contributed by atoms with E-state index in [1.807, 2.05) is 13.8 Å². The van der Waals surface area contributed by atoms with Crippen LogP contribution in [0.2, 0.25) is 0 Å². The van der Waals surface area contributed by atoms with Gasteiger partial charge in [-0.1, -0.05) is 13.8 Å². The van der Waals surface area contributed by atoms with Crippen molar-refractivity contribution in [2.24, 2.45) is 0 Å². The second-order valence-electron chi connectivity index (χ2n) is 8.40. The molecule has 0 spiro atoms. The monoisotopic (exact) mass is 474 g/mol. The van der Waals surface area contributed by atoms with E-state index in [2.05, 4.69) is 10.6 Å². The molecular formula is C22H38N2O9. The zero-order valence-electron chi connectivity index (χ0n) is 19.6. The Morgan fingerprint density at radius 2 is 1.82 bits per heavy atom. The molecule has 11 heteroatoms. The molecule has 1 amide bonds. The van der Waals surface area contributed by atoms with Gasteiger partial charge in [0.05, 0.1) is 31.5 Å². The van der Waals surface area contributed by atoms with Gasteiger partial charge in [0, 0.05) is 18.5 Å². The van der Waals surface area contributed by atoms with Crippen molar-refractivity contribution in [3.8, 4) is 0 Å². The van der Waals surface area contributed by atoms with Crippen LogP contribution in [0.25, 0.3) is 0 Å². The lowest BCUT2D eigenvalue weighted by atomic mass is 9.86. The van der Waals surface area contributed by atoms with Crippen molar-refractivity contribution in [2.45, 2.75) is 102 Å². The summed E-state index contributed by atoms with van der Waals surface area (Å²) in [5.74, 6) is -0.829. The zero-order valence-corrected chi connectivity index (χ0v) is 19.6. The van der Waals surface area contributed by atoms with Crippen LogP contribution in [-0.4, -0.2) is 100 Å². The molecule has 1 aliphatic carbocycles. The Labute approximate surface area is 194 Å². The first kappa shape index (κ1) is 27.6. The molecule has 0 aromatic carbocycles. The van der Waals surface area contributed by atoms with Gasteiger partial charge in [0.2, 0.25) is 5.91 Å². The predicted molar refractivity (Wildman–Crippen MR) is 117 cm³/mol. The summed E-state index contributed by atoms with van der Waals surface area (Å²) in [6.45, 7) is 6.63. The van der Waals surface area contributed by atoms with Crippen molar-refractivity contribution in [1.29, 1.82) is 0 Å². The highest BCUT2D eigenvalue weighted by Gasteiger charge is 2.46. The average Bonchev–Trinajstić information content (AvgIpc) is 2.79. The molecule has 2 aliphatic rings. The molecule has 6 N–H and O–H groups in total. The Bertz CT molecular complexity index is 683. The smallest absolute Gasteiger partial charge is 0.333 e. The minimum atomic E-state index is -1.56. The number of carbonyl (C=O) groups is 2. The lowest BCUT2D eigenvalue weighted by molar-refractivity contribution is -0.239. The van der Waals surface area contributed by atoms with Crippen LogP contribution in [0.5, 0.6) is 0 Å². The first-order chi connectivity index (χ1) is 15.7. The Hall–Kier alpha value is -1.60. The van der Waals surface area contributed by atoms with Gasteiger partial charge in [0.25, 0.3) is 0 Å². The van der Waals surface area contributed by atoms with E-state index < -0.39 is 61.4 Å². The van der Waals surface area contributed by atoms with Crippen molar-refractivity contribution >= 4 is 11.9 Å². The largest absolute Gasteiger partial charge is 0.463 e. The second-order valence-corrected chi connectivity index (χ2v) is 8.40. The first-order valence-electron chi connectivity index (χ1n) is 11.5. The molecule has 11 nitrogen and oxygen atoms in total. The SMILES string of the molecule is CCOC(=O)C1=C[C@@H](OC(CC)CC)[C@H](NC(C)=O)[C@@H](NC2O[C@H](CO)[C@@H](O)[C@H](O)[C@H]2O)C1. The lowest BCUT2D eigenvalue weighted by Gasteiger charge is -2.44. The summed E-state index contributed by atoms with van der Waals surface area (Å²) < 4.78 is 17.0. The summed E-state index contributed by atoms with van der Waals surface area (Å²) >= 11 is 0. The van der Waals surface area contributed by atoms with E-state index in [0.29, 0.717) is 5.57 Å². The fourth-order valence-corrected chi connectivity index (χ4v) is 4.20. The van der Waals surface area contributed by atoms with Crippen molar-refractivity contribution < 1.29 is 44.2 Å². The fraction of sp³-hybridized carbons (Fsp3) is 0.818. The van der Waals surface area contributed by atoms with Crippen molar-refractivity contribution in [3.05, 3.63) is 11.6 Å². The number of ether oxygens (including phenoxy) is 3. The summed E-state index contributed by atoms with van der Waals surface area (Å²) in [4.78, 5) is 24.5. The lowest BCUT2D eigenvalue weighted by Crippen LogP contribution is -2.67. The highest BCUT2D eigenvalue weighted by atomic mass is 16.6. The van der Waals surface area contributed by atoms with Gasteiger partial charge < -0.3 is 40.0 Å². The van der Waals surface area contributed by atoms with Crippen molar-refractivity contribution in [1.82, 2.24) is 10.6 Å². The van der Waals surface area contributed by atoms with Gasteiger partial charge in [-0.15, -0.1) is 0 Å². The van der Waals surface area contributed by atoms with E-state index in [-0.39, 0.29) is 25.0 Å². The van der Waals surface area contributed by atoms with Crippen LogP contribution in [0.1, 0.15) is 47.0 Å². The Kier molecular flexibility index (Phi) is 10.7. The zero-order chi connectivity index (χ0) is 24.7. The highest BCUT2D eigenvalue weighted by molar-refractivity contribution is 5.89. The van der Waals surface area contributed by atoms with Gasteiger partial charge >= 0.3 is 5.97 Å². The topological polar surface area (TPSA) is 167 Å². The molecule has 2 rings (SSSR count). The molecular weight excluding hydrogens is 436 g/mol. The van der Waals surface area contributed by atoms with Gasteiger partial charge in [-0.2, -0.15) is 0 Å². The normalized spacial score (nSPS) is 34.6. The molecule has 0 radical (unpaired) electrons. The minimum absolute atomic E-state index is 0.114. The van der Waals surface area contributed by atoms with Gasteiger partial charge in [-0.3, -0.25) is 10.1 Å². The van der Waals surface area contributed by atoms with Crippen LogP contribution in [0.3, 0.4) is 0 Å². The molecule has 1 saturated heterocycles. The van der Waals surface area contributed by atoms with Gasteiger partial charge in [-0.25, -0.2) is 4.79 Å². The number of aliphatic hydroxyl groups is 4. The van der Waals surface area contributed by atoms with E-state index in [1.165, 1.54) is 6.92 Å². The molecule has 8 atom stereocenters. The van der Waals surface area contributed by atoms with Crippen LogP contribution in [0.4, 0.5) is 0 Å². The predicted octanol–water partition coefficient (Wildman–Crippen LogP) is -1.28. The maximum atomic E-state index is 12.5. The molecule has 1 fully saturated rings. The Morgan fingerprint density at radius 3 is 2.36 bits per heavy atom. The van der Waals surface area contributed by atoms with Crippen LogP contribution in [-0.2, 0) is 23.8 Å². The van der Waals surface area contributed by atoms with Crippen LogP contribution in [0, 0.1) is 0 Å². The standard InChI is InChI=1S/C22H38N2O9/c1-5-13(6-2)32-15-9-12(22(30)31-7-3)8-14(17(15)23-11(4)26)24-21-20(29)19(28)18(27)16(10-25)33-21/h9,13-21,24-25,27-29H,5-8,10H2,1-4H3,(H,23,26)/t14-,15+,16+,17+,18+,19-,20+,21?/m0/s1. The number of hydrogen-bond donors (Lipinski definition) is 6. The maximum absolute atomic E-state index is 12.5. The average molecular weight is 475 g/mol. The number of amides is 1. The van der Waals surface area contributed by atoms with Gasteiger partial charge in [-0.05, 0) is 32.3 Å². The van der Waals surface area contributed by atoms with Crippen LogP contribution in [0.15, 0.2) is 11.6 Å². The third-order valence-corrected chi connectivity index (χ3v) is 6.03. The Balaban J connectivity index is 2.36. The quantitative estimate of drug-likeness (QED) is 0.210. The molecule has 0 aromatic heterocycles. The summed E-state index contributed by atoms with van der Waals surface area (Å²) in [5, 5.41) is 46.0. The van der Waals surface area contributed by atoms with Crippen molar-refractivity contribution in [3.63, 3.8) is 0 Å². The number of esters is 1. The maximum Gasteiger partial charge on any atom is 0.333 e. The number of hydrogen-bond acceptors (Lipinski definition) is 10. The first-order valence-corrected chi connectivity index (χ1v) is 11.5. The van der Waals surface area contributed by atoms with Crippen LogP contribution >= 0.6 is 0 Å². The van der Waals surface area contributed by atoms with E-state index in [0.717, 1.165) is 12.8 Å². The molecule has 0 saturated carbocycles. The van der Waals surface area contributed by atoms with Crippen LogP contribution < -0.4 is 10.6 Å². The molecule has 0 bridgehead atoms. The summed E-state index contributed by atoms with van der Waals surface area (Å²) in [5.41, 5.74) is 0.344. The third kappa shape index (κ3) is 6.95. The summed E-state index contributed by atoms with van der Waals surface area (Å²) in [7, 11) is 0. The highest BCUT2D eigenvalue weighted by Crippen LogP contribution is 2.27. The molecule has 0 aromatic rings. The van der Waals surface area contributed by atoms with E-state index in [1.54, 1.807) is 13.0 Å². The van der Waals surface area contributed by atoms with Crippen molar-refractivity contribution in [2.75, 3.05) is 13.2 Å². The van der Waals surface area contributed by atoms with Gasteiger partial charge in [0.1, 0.15) is 30.6 Å². The van der Waals surface area contributed by atoms with E-state index >= 15 is 0 Å². The van der Waals surface area contributed by atoms with E-state index in [4.69, 9.17) is 14.2 Å². The molecule has 1 aliphatic heterocycles. The number of rotatable bonds is 10. The Morgan fingerprint density at radius 1 is 1.15 bits per heavy atom. The summed E-state index contributed by atoms with van der Waals surface area (Å²) in [6, 6.07) is -1.28. The number of aliphatic hydroxyl groups excluding tert-OH is 4. The van der Waals surface area contributed by atoms with Gasteiger partial charge in [0.15, 0.2) is 0 Å². The third-order valence-electron chi connectivity index (χ3n) is 6.03. The molecule has 1 heterocycles. The summed E-state index contributed by atoms with van der Waals surface area (Å²) in [6.07, 6.45) is -4.40. The number of nitrogens with one attached hydrogen (secondary N) is 2. The molecule has 33 heavy (non-hydrogen) atoms.